The SMILES string of the molecule is COc1cccc2c1N1CCC(CN)C1CC2. The van der Waals surface area contributed by atoms with E-state index < -0.39 is 0 Å². The molecule has 2 aliphatic heterocycles. The normalized spacial score (nSPS) is 26.6. The molecule has 2 N–H and O–H groups in total. The van der Waals surface area contributed by atoms with Crippen LogP contribution >= 0.6 is 0 Å². The van der Waals surface area contributed by atoms with Crippen molar-refractivity contribution in [3.05, 3.63) is 23.8 Å². The summed E-state index contributed by atoms with van der Waals surface area (Å²) in [5.74, 6) is 1.68. The summed E-state index contributed by atoms with van der Waals surface area (Å²) < 4.78 is 5.52. The van der Waals surface area contributed by atoms with Crippen molar-refractivity contribution in [3.8, 4) is 5.75 Å². The Morgan fingerprint density at radius 3 is 3.06 bits per heavy atom. The first-order valence-corrected chi connectivity index (χ1v) is 6.47. The highest BCUT2D eigenvalue weighted by Crippen LogP contribution is 2.43. The first-order chi connectivity index (χ1) is 8.35. The predicted molar refractivity (Wildman–Crippen MR) is 69.6 cm³/mol. The molecule has 0 spiro atoms. The van der Waals surface area contributed by atoms with Gasteiger partial charge in [-0.05, 0) is 43.4 Å². The quantitative estimate of drug-likeness (QED) is 0.845. The van der Waals surface area contributed by atoms with Gasteiger partial charge in [-0.1, -0.05) is 12.1 Å². The number of rotatable bonds is 2. The van der Waals surface area contributed by atoms with Crippen molar-refractivity contribution >= 4 is 5.69 Å². The molecule has 2 unspecified atom stereocenters. The van der Waals surface area contributed by atoms with Crippen LogP contribution in [0.4, 0.5) is 5.69 Å². The van der Waals surface area contributed by atoms with Crippen LogP contribution in [0.5, 0.6) is 5.75 Å². The lowest BCUT2D eigenvalue weighted by Gasteiger charge is -2.36. The smallest absolute Gasteiger partial charge is 0.142 e. The van der Waals surface area contributed by atoms with Crippen LogP contribution in [0.3, 0.4) is 0 Å². The molecule has 2 atom stereocenters. The van der Waals surface area contributed by atoms with E-state index in [4.69, 9.17) is 10.5 Å². The van der Waals surface area contributed by atoms with Gasteiger partial charge in [-0.15, -0.1) is 0 Å². The highest BCUT2D eigenvalue weighted by molar-refractivity contribution is 5.66. The number of para-hydroxylation sites is 1. The summed E-state index contributed by atoms with van der Waals surface area (Å²) in [6.45, 7) is 1.94. The average Bonchev–Trinajstić information content (AvgIpc) is 2.80. The number of hydrogen-bond acceptors (Lipinski definition) is 3. The van der Waals surface area contributed by atoms with Gasteiger partial charge in [-0.3, -0.25) is 0 Å². The average molecular weight is 232 g/mol. The minimum Gasteiger partial charge on any atom is -0.495 e. The summed E-state index contributed by atoms with van der Waals surface area (Å²) in [5.41, 5.74) is 8.62. The summed E-state index contributed by atoms with van der Waals surface area (Å²) >= 11 is 0. The van der Waals surface area contributed by atoms with Gasteiger partial charge in [0.1, 0.15) is 5.75 Å². The molecule has 1 aromatic carbocycles. The van der Waals surface area contributed by atoms with Crippen LogP contribution < -0.4 is 15.4 Å². The molecule has 1 aromatic rings. The Morgan fingerprint density at radius 2 is 2.29 bits per heavy atom. The van der Waals surface area contributed by atoms with Gasteiger partial charge >= 0.3 is 0 Å². The Labute approximate surface area is 103 Å². The molecule has 0 saturated carbocycles. The van der Waals surface area contributed by atoms with Crippen LogP contribution in [0.1, 0.15) is 18.4 Å². The van der Waals surface area contributed by atoms with E-state index in [9.17, 15) is 0 Å². The number of benzene rings is 1. The van der Waals surface area contributed by atoms with E-state index >= 15 is 0 Å². The monoisotopic (exact) mass is 232 g/mol. The fourth-order valence-corrected chi connectivity index (χ4v) is 3.43. The van der Waals surface area contributed by atoms with Crippen LogP contribution in [0.15, 0.2) is 18.2 Å². The maximum Gasteiger partial charge on any atom is 0.142 e. The van der Waals surface area contributed by atoms with Gasteiger partial charge in [-0.2, -0.15) is 0 Å². The molecule has 0 bridgehead atoms. The number of hydrogen-bond donors (Lipinski definition) is 1. The third kappa shape index (κ3) is 1.61. The predicted octanol–water partition coefficient (Wildman–Crippen LogP) is 1.79. The van der Waals surface area contributed by atoms with Gasteiger partial charge in [0.05, 0.1) is 12.8 Å². The first kappa shape index (κ1) is 10.9. The van der Waals surface area contributed by atoms with Crippen molar-refractivity contribution in [3.63, 3.8) is 0 Å². The lowest BCUT2D eigenvalue weighted by molar-refractivity contribution is 0.404. The topological polar surface area (TPSA) is 38.5 Å². The third-order valence-electron chi connectivity index (χ3n) is 4.29. The zero-order valence-corrected chi connectivity index (χ0v) is 10.4. The maximum absolute atomic E-state index is 5.87. The molecule has 17 heavy (non-hydrogen) atoms. The molecule has 1 fully saturated rings. The molecule has 0 aromatic heterocycles. The maximum atomic E-state index is 5.87. The highest BCUT2D eigenvalue weighted by atomic mass is 16.5. The molecule has 3 rings (SSSR count). The van der Waals surface area contributed by atoms with Crippen molar-refractivity contribution in [2.45, 2.75) is 25.3 Å². The summed E-state index contributed by atoms with van der Waals surface area (Å²) in [6, 6.07) is 7.01. The summed E-state index contributed by atoms with van der Waals surface area (Å²) in [5, 5.41) is 0. The van der Waals surface area contributed by atoms with E-state index in [0.29, 0.717) is 12.0 Å². The summed E-state index contributed by atoms with van der Waals surface area (Å²) in [6.07, 6.45) is 3.62. The fraction of sp³-hybridized carbons (Fsp3) is 0.571. The number of anilines is 1. The molecular weight excluding hydrogens is 212 g/mol. The van der Waals surface area contributed by atoms with Crippen LogP contribution in [0.2, 0.25) is 0 Å². The minimum atomic E-state index is 0.629. The van der Waals surface area contributed by atoms with Gasteiger partial charge in [0.25, 0.3) is 0 Å². The third-order valence-corrected chi connectivity index (χ3v) is 4.29. The van der Waals surface area contributed by atoms with Crippen molar-refractivity contribution in [2.75, 3.05) is 25.1 Å². The van der Waals surface area contributed by atoms with Crippen molar-refractivity contribution in [1.82, 2.24) is 0 Å². The molecule has 2 aliphatic rings. The van der Waals surface area contributed by atoms with Crippen LogP contribution in [0.25, 0.3) is 0 Å². The van der Waals surface area contributed by atoms with Crippen molar-refractivity contribution in [2.24, 2.45) is 11.7 Å². The van der Waals surface area contributed by atoms with Crippen LogP contribution in [-0.2, 0) is 6.42 Å². The Hall–Kier alpha value is -1.22. The van der Waals surface area contributed by atoms with Crippen LogP contribution in [-0.4, -0.2) is 26.2 Å². The molecule has 0 aliphatic carbocycles. The second kappa shape index (κ2) is 4.22. The first-order valence-electron chi connectivity index (χ1n) is 6.47. The van der Waals surface area contributed by atoms with Gasteiger partial charge < -0.3 is 15.4 Å². The Morgan fingerprint density at radius 1 is 1.41 bits per heavy atom. The van der Waals surface area contributed by atoms with Gasteiger partial charge in [0, 0.05) is 12.6 Å². The van der Waals surface area contributed by atoms with Gasteiger partial charge in [0.15, 0.2) is 0 Å². The molecule has 2 heterocycles. The molecule has 3 heteroatoms. The minimum absolute atomic E-state index is 0.629. The number of nitrogens with zero attached hydrogens (tertiary/aromatic N) is 1. The Balaban J connectivity index is 2.02. The summed E-state index contributed by atoms with van der Waals surface area (Å²) in [4.78, 5) is 2.52. The van der Waals surface area contributed by atoms with E-state index in [1.54, 1.807) is 7.11 Å². The van der Waals surface area contributed by atoms with Crippen LogP contribution in [0, 0.1) is 5.92 Å². The number of fused-ring (bicyclic) bond motifs is 3. The van der Waals surface area contributed by atoms with E-state index in [1.165, 1.54) is 24.1 Å². The molecule has 3 nitrogen and oxygen atoms in total. The van der Waals surface area contributed by atoms with Crippen molar-refractivity contribution < 1.29 is 4.74 Å². The molecule has 0 radical (unpaired) electrons. The standard InChI is InChI=1S/C14H20N2O/c1-17-13-4-2-3-10-5-6-12-11(9-15)7-8-16(12)14(10)13/h2-4,11-12H,5-9,15H2,1H3. The van der Waals surface area contributed by atoms with E-state index in [-0.39, 0.29) is 0 Å². The number of methoxy groups -OCH3 is 1. The molecular formula is C14H20N2O. The zero-order valence-electron chi connectivity index (χ0n) is 10.4. The Kier molecular flexibility index (Phi) is 2.71. The van der Waals surface area contributed by atoms with Gasteiger partial charge in [-0.25, -0.2) is 0 Å². The Bertz CT molecular complexity index is 404. The summed E-state index contributed by atoms with van der Waals surface area (Å²) in [7, 11) is 1.76. The number of aryl methyl sites for hydroxylation is 1. The lowest BCUT2D eigenvalue weighted by atomic mass is 9.90. The van der Waals surface area contributed by atoms with Gasteiger partial charge in [0.2, 0.25) is 0 Å². The largest absolute Gasteiger partial charge is 0.495 e. The molecule has 1 saturated heterocycles. The van der Waals surface area contributed by atoms with E-state index in [1.807, 2.05) is 0 Å². The zero-order chi connectivity index (χ0) is 11.8. The van der Waals surface area contributed by atoms with E-state index in [0.717, 1.165) is 25.3 Å². The second-order valence-electron chi connectivity index (χ2n) is 5.05. The molecule has 92 valence electrons. The number of nitrogens with two attached hydrogens (primary N) is 1. The highest BCUT2D eigenvalue weighted by Gasteiger charge is 2.38. The lowest BCUT2D eigenvalue weighted by Crippen LogP contribution is -2.39. The second-order valence-corrected chi connectivity index (χ2v) is 5.05. The van der Waals surface area contributed by atoms with Crippen molar-refractivity contribution in [1.29, 1.82) is 0 Å². The number of ether oxygens (including phenoxy) is 1. The fourth-order valence-electron chi connectivity index (χ4n) is 3.43. The molecule has 0 amide bonds. The van der Waals surface area contributed by atoms with E-state index in [2.05, 4.69) is 23.1 Å².